The maximum Gasteiger partial charge on any atom is 0.545 e. The van der Waals surface area contributed by atoms with Gasteiger partial charge in [-0.3, -0.25) is 23.1 Å². The van der Waals surface area contributed by atoms with E-state index in [4.69, 9.17) is 70.2 Å². The quantitative estimate of drug-likeness (QED) is 0.00979. The zero-order chi connectivity index (χ0) is 57.5. The second kappa shape index (κ2) is 31.9. The molecule has 0 aliphatic heterocycles. The number of hydrogen-bond donors (Lipinski definition) is 0. The maximum atomic E-state index is 12.9. The minimum atomic E-state index is -3.47. The van der Waals surface area contributed by atoms with Crippen molar-refractivity contribution in [2.24, 2.45) is 24.9 Å². The lowest BCUT2D eigenvalue weighted by Gasteiger charge is -2.27. The highest BCUT2D eigenvalue weighted by molar-refractivity contribution is 8.50. The molecule has 0 bridgehead atoms. The third-order valence-corrected chi connectivity index (χ3v) is 28.8. The Hall–Kier alpha value is -5.10. The van der Waals surface area contributed by atoms with Crippen molar-refractivity contribution in [3.63, 3.8) is 0 Å². The largest absolute Gasteiger partial charge is 0.545 e. The molecule has 5 unspecified atom stereocenters. The molecule has 0 amide bonds. The van der Waals surface area contributed by atoms with Gasteiger partial charge in [-0.2, -0.15) is 5.10 Å². The molecule has 22 nitrogen and oxygen atoms in total. The fraction of sp³-hybridized carbons (Fsp3) is 0.208. The zero-order valence-electron chi connectivity index (χ0n) is 44.0. The van der Waals surface area contributed by atoms with Crippen LogP contribution in [0.25, 0.3) is 20.9 Å². The number of benzene rings is 6. The highest BCUT2D eigenvalue weighted by Gasteiger charge is 2.35. The molecule has 0 fully saturated rings. The summed E-state index contributed by atoms with van der Waals surface area (Å²) >= 11 is 11.8. The predicted molar refractivity (Wildman–Crippen MR) is 334 cm³/mol. The highest BCUT2D eigenvalue weighted by Crippen LogP contribution is 2.76. The minimum absolute atomic E-state index is 0.110. The third kappa shape index (κ3) is 18.7. The Balaban J connectivity index is 1.14. The first-order valence-electron chi connectivity index (χ1n) is 23.5. The van der Waals surface area contributed by atoms with Crippen molar-refractivity contribution in [3.05, 3.63) is 195 Å². The van der Waals surface area contributed by atoms with Crippen LogP contribution in [0.5, 0.6) is 23.0 Å². The monoisotopic (exact) mass is 1270 g/mol. The van der Waals surface area contributed by atoms with Crippen molar-refractivity contribution < 1.29 is 45.6 Å². The average molecular weight is 1270 g/mol. The molecule has 0 spiro atoms. The second-order valence-corrected chi connectivity index (χ2v) is 35.2. The second-order valence-electron chi connectivity index (χ2n) is 16.3. The van der Waals surface area contributed by atoms with Crippen LogP contribution in [0.4, 0.5) is 0 Å². The standard InChI is InChI=1S/C48H56N12O10P8S2/c1-58(51-35-40-19-23-42(24-20-40)67-55-53-49)74(73(71)56-54-50)69-44-29-31-48(32-30-44)78(46-13-9-7-10-14-46,47-15-11-8-12-16-47)57-72(79)68-43-27-21-41(22-28-43)36-52-59(2)75(80)70-45-25-17-39(18-26-45)33-34-60(37-76(61,63-3)64-4)38-77(62,65-5)66-6/h7-32,35-36H,33-34,37-38,71H2,1-6H3/q+2. The Bertz CT molecular complexity index is 3250. The van der Waals surface area contributed by atoms with Crippen LogP contribution in [0.2, 0.25) is 0 Å². The summed E-state index contributed by atoms with van der Waals surface area (Å²) in [6.45, 7) is 0.357. The molecule has 0 heterocycles. The van der Waals surface area contributed by atoms with Crippen molar-refractivity contribution >= 4 is 113 Å². The van der Waals surface area contributed by atoms with Gasteiger partial charge in [0, 0.05) is 67.8 Å². The van der Waals surface area contributed by atoms with Crippen LogP contribution in [-0.2, 0) is 57.3 Å². The Morgan fingerprint density at radius 2 is 1.10 bits per heavy atom. The van der Waals surface area contributed by atoms with Crippen LogP contribution in [0, 0.1) is 0 Å². The van der Waals surface area contributed by atoms with E-state index in [0.717, 1.165) is 32.6 Å². The van der Waals surface area contributed by atoms with Crippen molar-refractivity contribution in [3.8, 4) is 23.0 Å². The topological polar surface area (TPSA) is 252 Å². The molecular formula is C48H56N12O10P8S2+2. The molecule has 418 valence electrons. The van der Waals surface area contributed by atoms with E-state index in [9.17, 15) is 14.7 Å². The summed E-state index contributed by atoms with van der Waals surface area (Å²) in [7, 11) is -4.95. The SMILES string of the molecule is COP(=O)(CN(CCc1ccc(O[P+](=S)N(C)N=Cc2ccc(O[P+](=S)N=P(c3ccccc3)(c3ccccc3)c3ccc(OP(N(C)N=Cc4ccc(ON=[N+]=[N-])cc4)P(P)N=[N+]=[N-])cc3)cc2)cc1)CP(=O)(OC)OC)OC. The Morgan fingerprint density at radius 3 is 1.61 bits per heavy atom. The van der Waals surface area contributed by atoms with E-state index >= 15 is 0 Å². The van der Waals surface area contributed by atoms with E-state index in [1.54, 1.807) is 65.2 Å². The first kappa shape index (κ1) is 64.1. The van der Waals surface area contributed by atoms with Crippen LogP contribution >= 0.6 is 60.8 Å². The van der Waals surface area contributed by atoms with E-state index in [0.29, 0.717) is 36.0 Å². The Kier molecular flexibility index (Phi) is 25.6. The van der Waals surface area contributed by atoms with E-state index < -0.39 is 51.8 Å². The lowest BCUT2D eigenvalue weighted by atomic mass is 10.1. The molecule has 5 atom stereocenters. The van der Waals surface area contributed by atoms with Gasteiger partial charge in [0.05, 0.1) is 26.9 Å². The van der Waals surface area contributed by atoms with Gasteiger partial charge in [0.1, 0.15) is 36.4 Å². The lowest BCUT2D eigenvalue weighted by Crippen LogP contribution is -2.29. The summed E-state index contributed by atoms with van der Waals surface area (Å²) in [6.07, 6.45) is 3.60. The van der Waals surface area contributed by atoms with Crippen molar-refractivity contribution in [2.75, 3.05) is 61.7 Å². The predicted octanol–water partition coefficient (Wildman–Crippen LogP) is 14.5. The van der Waals surface area contributed by atoms with Gasteiger partial charge in [0.25, 0.3) is 0 Å². The lowest BCUT2D eigenvalue weighted by molar-refractivity contribution is 0.224. The molecule has 0 N–H and O–H groups in total. The van der Waals surface area contributed by atoms with E-state index in [2.05, 4.69) is 63.4 Å². The summed E-state index contributed by atoms with van der Waals surface area (Å²) in [5.41, 5.74) is 20.4. The number of hydrazone groups is 2. The van der Waals surface area contributed by atoms with E-state index in [-0.39, 0.29) is 12.6 Å². The van der Waals surface area contributed by atoms with E-state index in [1.807, 2.05) is 109 Å². The number of azide groups is 2. The van der Waals surface area contributed by atoms with Crippen LogP contribution in [0.15, 0.2) is 183 Å². The summed E-state index contributed by atoms with van der Waals surface area (Å²) in [4.78, 5) is 16.2. The van der Waals surface area contributed by atoms with E-state index in [1.165, 1.54) is 28.4 Å². The first-order chi connectivity index (χ1) is 38.6. The fourth-order valence-electron chi connectivity index (χ4n) is 7.12. The Labute approximate surface area is 481 Å². The molecule has 80 heavy (non-hydrogen) atoms. The highest BCUT2D eigenvalue weighted by atomic mass is 32.4. The van der Waals surface area contributed by atoms with Gasteiger partial charge in [-0.1, -0.05) is 91.4 Å². The summed E-state index contributed by atoms with van der Waals surface area (Å²) in [5, 5.41) is 15.1. The van der Waals surface area contributed by atoms with Crippen molar-refractivity contribution in [2.45, 2.75) is 6.42 Å². The van der Waals surface area contributed by atoms with Gasteiger partial charge in [0.15, 0.2) is 11.5 Å². The number of rotatable bonds is 31. The molecule has 6 aromatic rings. The van der Waals surface area contributed by atoms with Gasteiger partial charge >= 0.3 is 29.3 Å². The van der Waals surface area contributed by atoms with Crippen molar-refractivity contribution in [1.29, 1.82) is 0 Å². The van der Waals surface area contributed by atoms with Gasteiger partial charge < -0.3 is 27.5 Å². The minimum Gasteiger partial charge on any atom is -0.448 e. The van der Waals surface area contributed by atoms with Crippen LogP contribution < -0.4 is 34.3 Å². The molecule has 6 rings (SSSR count). The molecule has 0 aliphatic carbocycles. The average Bonchev–Trinajstić information content (AvgIpc) is 3.52. The number of nitrogens with zero attached hydrogens (tertiary/aromatic N) is 12. The first-order valence-corrected chi connectivity index (χ1v) is 38.0. The molecule has 0 saturated carbocycles. The van der Waals surface area contributed by atoms with Gasteiger partial charge in [-0.25, -0.2) is 4.78 Å². The summed E-state index contributed by atoms with van der Waals surface area (Å²) in [6, 6.07) is 49.4. The molecule has 0 radical (unpaired) electrons. The fourth-order valence-corrected chi connectivity index (χ4v) is 21.7. The third-order valence-electron chi connectivity index (χ3n) is 11.2. The molecule has 0 aliphatic rings. The molecule has 32 heteroatoms. The van der Waals surface area contributed by atoms with Crippen molar-refractivity contribution in [1.82, 2.24) is 14.5 Å². The van der Waals surface area contributed by atoms with Crippen LogP contribution in [0.1, 0.15) is 16.7 Å². The summed E-state index contributed by atoms with van der Waals surface area (Å²) < 4.78 is 74.1. The summed E-state index contributed by atoms with van der Waals surface area (Å²) in [5.74, 6) is 1.99. The van der Waals surface area contributed by atoms with Crippen LogP contribution in [-0.4, -0.2) is 88.5 Å². The zero-order valence-corrected chi connectivity index (χ0v) is 53.0. The maximum absolute atomic E-state index is 12.9. The van der Waals surface area contributed by atoms with Gasteiger partial charge in [0.2, 0.25) is 31.6 Å². The number of hydrogen-bond acceptors (Lipinski definition) is 18. The van der Waals surface area contributed by atoms with Gasteiger partial charge in [-0.15, -0.1) is 5.10 Å². The molecule has 0 saturated heterocycles. The molecule has 6 aromatic carbocycles. The molecule has 0 aromatic heterocycles. The Morgan fingerprint density at radius 1 is 0.625 bits per heavy atom. The molecular weight excluding hydrogens is 1220 g/mol. The van der Waals surface area contributed by atoms with Gasteiger partial charge in [-0.05, 0) is 124 Å². The van der Waals surface area contributed by atoms with Crippen LogP contribution in [0.3, 0.4) is 0 Å². The normalized spacial score (nSPS) is 12.9. The smallest absolute Gasteiger partial charge is 0.448 e.